The van der Waals surface area contributed by atoms with Crippen LogP contribution in [0.25, 0.3) is 10.9 Å². The fourth-order valence-electron chi connectivity index (χ4n) is 2.91. The van der Waals surface area contributed by atoms with Crippen molar-refractivity contribution in [2.24, 2.45) is 12.8 Å². The van der Waals surface area contributed by atoms with Gasteiger partial charge >= 0.3 is 0 Å². The molecule has 1 saturated carbocycles. The topological polar surface area (TPSA) is 30.9 Å². The number of rotatable bonds is 2. The van der Waals surface area contributed by atoms with E-state index in [1.54, 1.807) is 0 Å². The molecular formula is C14H17ClN2. The number of aromatic nitrogens is 1. The zero-order valence-corrected chi connectivity index (χ0v) is 11.0. The Morgan fingerprint density at radius 1 is 1.41 bits per heavy atom. The van der Waals surface area contributed by atoms with E-state index < -0.39 is 0 Å². The minimum atomic E-state index is 0.157. The summed E-state index contributed by atoms with van der Waals surface area (Å²) in [5.41, 5.74) is 8.84. The first-order valence-electron chi connectivity index (χ1n) is 6.06. The van der Waals surface area contributed by atoms with E-state index in [-0.39, 0.29) is 11.5 Å². The Morgan fingerprint density at radius 3 is 2.71 bits per heavy atom. The van der Waals surface area contributed by atoms with E-state index in [9.17, 15) is 0 Å². The van der Waals surface area contributed by atoms with Gasteiger partial charge in [0.05, 0.1) is 5.02 Å². The molecule has 1 aliphatic carbocycles. The lowest BCUT2D eigenvalue weighted by molar-refractivity contribution is 0.560. The summed E-state index contributed by atoms with van der Waals surface area (Å²) in [6, 6.07) is 6.59. The molecular weight excluding hydrogens is 232 g/mol. The maximum absolute atomic E-state index is 6.36. The molecule has 90 valence electrons. The van der Waals surface area contributed by atoms with Gasteiger partial charge in [0.25, 0.3) is 0 Å². The van der Waals surface area contributed by atoms with Gasteiger partial charge in [0.1, 0.15) is 0 Å². The Hall–Kier alpha value is -0.990. The predicted octanol–water partition coefficient (Wildman–Crippen LogP) is 3.21. The lowest BCUT2D eigenvalue weighted by Crippen LogP contribution is -2.31. The number of nitrogens with two attached hydrogens (primary N) is 1. The molecule has 3 rings (SSSR count). The van der Waals surface area contributed by atoms with Gasteiger partial charge in [-0.15, -0.1) is 0 Å². The highest BCUT2D eigenvalue weighted by Crippen LogP contribution is 2.53. The van der Waals surface area contributed by atoms with E-state index in [1.165, 1.54) is 29.3 Å². The van der Waals surface area contributed by atoms with Gasteiger partial charge in [-0.25, -0.2) is 0 Å². The quantitative estimate of drug-likeness (QED) is 0.869. The van der Waals surface area contributed by atoms with Crippen LogP contribution in [-0.4, -0.2) is 10.6 Å². The minimum absolute atomic E-state index is 0.157. The maximum Gasteiger partial charge on any atom is 0.0664 e. The van der Waals surface area contributed by atoms with Crippen LogP contribution >= 0.6 is 11.6 Å². The molecule has 0 saturated heterocycles. The molecule has 1 aromatic heterocycles. The summed E-state index contributed by atoms with van der Waals surface area (Å²) < 4.78 is 2.08. The highest BCUT2D eigenvalue weighted by atomic mass is 35.5. The molecule has 1 aromatic carbocycles. The molecule has 17 heavy (non-hydrogen) atoms. The number of aryl methyl sites for hydroxylation is 1. The van der Waals surface area contributed by atoms with Crippen molar-refractivity contribution >= 4 is 22.5 Å². The Labute approximate surface area is 106 Å². The largest absolute Gasteiger partial charge is 0.349 e. The van der Waals surface area contributed by atoms with Crippen molar-refractivity contribution in [2.45, 2.75) is 31.2 Å². The first-order valence-corrected chi connectivity index (χ1v) is 6.44. The predicted molar refractivity (Wildman–Crippen MR) is 72.5 cm³/mol. The second kappa shape index (κ2) is 3.50. The van der Waals surface area contributed by atoms with Crippen molar-refractivity contribution in [1.29, 1.82) is 0 Å². The van der Waals surface area contributed by atoms with Gasteiger partial charge in [-0.3, -0.25) is 0 Å². The van der Waals surface area contributed by atoms with Crippen LogP contribution in [0.2, 0.25) is 5.02 Å². The number of hydrogen-bond donors (Lipinski definition) is 1. The van der Waals surface area contributed by atoms with Crippen LogP contribution in [-0.2, 0) is 12.5 Å². The van der Waals surface area contributed by atoms with Crippen molar-refractivity contribution in [1.82, 2.24) is 4.57 Å². The fourth-order valence-corrected chi connectivity index (χ4v) is 3.25. The van der Waals surface area contributed by atoms with Crippen molar-refractivity contribution in [3.63, 3.8) is 0 Å². The van der Waals surface area contributed by atoms with Gasteiger partial charge in [-0.2, -0.15) is 0 Å². The molecule has 0 aliphatic heterocycles. The van der Waals surface area contributed by atoms with E-state index in [0.29, 0.717) is 0 Å². The van der Waals surface area contributed by atoms with Crippen molar-refractivity contribution < 1.29 is 0 Å². The smallest absolute Gasteiger partial charge is 0.0664 e. The van der Waals surface area contributed by atoms with E-state index in [0.717, 1.165) is 5.02 Å². The zero-order chi connectivity index (χ0) is 12.2. The molecule has 1 atom stereocenters. The third-order valence-corrected chi connectivity index (χ3v) is 4.45. The van der Waals surface area contributed by atoms with Crippen molar-refractivity contribution in [3.8, 4) is 0 Å². The van der Waals surface area contributed by atoms with E-state index in [1.807, 2.05) is 13.2 Å². The summed E-state index contributed by atoms with van der Waals surface area (Å²) in [5.74, 6) is 0. The summed E-state index contributed by atoms with van der Waals surface area (Å²) in [7, 11) is 2.03. The number of benzene rings is 1. The molecule has 2 aromatic rings. The van der Waals surface area contributed by atoms with Crippen LogP contribution in [0.15, 0.2) is 24.4 Å². The van der Waals surface area contributed by atoms with Gasteiger partial charge in [0.15, 0.2) is 0 Å². The minimum Gasteiger partial charge on any atom is -0.349 e. The first-order chi connectivity index (χ1) is 8.06. The third kappa shape index (κ3) is 1.44. The van der Waals surface area contributed by atoms with Gasteiger partial charge < -0.3 is 10.3 Å². The van der Waals surface area contributed by atoms with Crippen LogP contribution in [0, 0.1) is 0 Å². The molecule has 0 radical (unpaired) electrons. The van der Waals surface area contributed by atoms with Gasteiger partial charge in [0.2, 0.25) is 0 Å². The Morgan fingerprint density at radius 2 is 2.12 bits per heavy atom. The van der Waals surface area contributed by atoms with Crippen molar-refractivity contribution in [2.75, 3.05) is 0 Å². The lowest BCUT2D eigenvalue weighted by atomic mass is 9.87. The maximum atomic E-state index is 6.36. The number of hydrogen-bond acceptors (Lipinski definition) is 1. The van der Waals surface area contributed by atoms with Gasteiger partial charge in [-0.05, 0) is 31.4 Å². The average molecular weight is 249 g/mol. The highest BCUT2D eigenvalue weighted by Gasteiger charge is 2.48. The third-order valence-electron chi connectivity index (χ3n) is 4.16. The number of halogens is 1. The Kier molecular flexibility index (Phi) is 2.29. The highest BCUT2D eigenvalue weighted by molar-refractivity contribution is 6.36. The molecule has 0 spiro atoms. The molecule has 2 N–H and O–H groups in total. The van der Waals surface area contributed by atoms with Gasteiger partial charge in [0, 0.05) is 35.6 Å². The normalized spacial score (nSPS) is 19.5. The molecule has 0 amide bonds. The van der Waals surface area contributed by atoms with E-state index in [2.05, 4.69) is 29.7 Å². The monoisotopic (exact) mass is 248 g/mol. The molecule has 1 aliphatic rings. The van der Waals surface area contributed by atoms with E-state index >= 15 is 0 Å². The molecule has 1 fully saturated rings. The number of fused-ring (bicyclic) bond motifs is 1. The van der Waals surface area contributed by atoms with Crippen LogP contribution < -0.4 is 5.73 Å². The summed E-state index contributed by atoms with van der Waals surface area (Å²) in [6.07, 6.45) is 4.33. The van der Waals surface area contributed by atoms with Crippen LogP contribution in [0.5, 0.6) is 0 Å². The summed E-state index contributed by atoms with van der Waals surface area (Å²) in [5, 5.41) is 2.02. The van der Waals surface area contributed by atoms with Gasteiger partial charge in [-0.1, -0.05) is 23.7 Å². The molecule has 1 heterocycles. The Bertz CT molecular complexity index is 579. The number of nitrogens with zero attached hydrogens (tertiary/aromatic N) is 1. The second-order valence-electron chi connectivity index (χ2n) is 5.23. The molecule has 3 heteroatoms. The second-order valence-corrected chi connectivity index (χ2v) is 5.64. The van der Waals surface area contributed by atoms with Crippen LogP contribution in [0.1, 0.15) is 25.3 Å². The summed E-state index contributed by atoms with van der Waals surface area (Å²) >= 11 is 6.36. The summed E-state index contributed by atoms with van der Waals surface area (Å²) in [6.45, 7) is 2.10. The zero-order valence-electron chi connectivity index (χ0n) is 10.2. The van der Waals surface area contributed by atoms with Crippen LogP contribution in [0.4, 0.5) is 0 Å². The fraction of sp³-hybridized carbons (Fsp3) is 0.429. The lowest BCUT2D eigenvalue weighted by Gasteiger charge is -2.21. The molecule has 0 bridgehead atoms. The Balaban J connectivity index is 2.31. The molecule has 2 nitrogen and oxygen atoms in total. The van der Waals surface area contributed by atoms with Crippen LogP contribution in [0.3, 0.4) is 0 Å². The standard InChI is InChI=1S/C14H17ClN2/c1-9(16)14(6-7-14)10-4-3-5-12-13(10)11(15)8-17(12)2/h3-5,8-9H,6-7,16H2,1-2H3. The van der Waals surface area contributed by atoms with Crippen molar-refractivity contribution in [3.05, 3.63) is 35.0 Å². The first kappa shape index (κ1) is 11.1. The molecule has 1 unspecified atom stereocenters. The van der Waals surface area contributed by atoms with E-state index in [4.69, 9.17) is 17.3 Å². The average Bonchev–Trinajstić information content (AvgIpc) is 3.04. The summed E-state index contributed by atoms with van der Waals surface area (Å²) in [4.78, 5) is 0. The SMILES string of the molecule is CC(N)C1(c2cccc3c2c(Cl)cn3C)CC1.